The van der Waals surface area contributed by atoms with Gasteiger partial charge in [-0.05, 0) is 92.9 Å². The number of carbonyl (C=O) groups is 1. The average molecular weight is 677 g/mol. The molecular formula is C31H32F3IN4O2. The first kappa shape index (κ1) is 28.4. The Labute approximate surface area is 250 Å². The van der Waals surface area contributed by atoms with Crippen molar-refractivity contribution in [3.8, 4) is 5.75 Å². The number of rotatable bonds is 7. The van der Waals surface area contributed by atoms with Gasteiger partial charge < -0.3 is 9.72 Å². The number of hydrogen-bond acceptors (Lipinski definition) is 5. The molecule has 216 valence electrons. The number of pyridine rings is 2. The van der Waals surface area contributed by atoms with Gasteiger partial charge in [-0.2, -0.15) is 13.2 Å². The van der Waals surface area contributed by atoms with Crippen LogP contribution in [0.3, 0.4) is 0 Å². The van der Waals surface area contributed by atoms with Crippen LogP contribution in [0.25, 0.3) is 21.9 Å². The molecule has 3 aromatic heterocycles. The first-order valence-electron chi connectivity index (χ1n) is 14.2. The standard InChI is InChI=1S/C31H32F3IN4O2/c32-31(33,34)22-7-9-23(10-8-22)41-18-19-2-1-15-39(17-19)29(35)28(40)21-5-3-20(4-6-21)24-11-13-36-26-16-38-30-25(27(24)26)12-14-37-30/h7-14,16,19-21,29,36H,1-6,15,17-18H2. The van der Waals surface area contributed by atoms with E-state index in [-0.39, 0.29) is 15.9 Å². The Morgan fingerprint density at radius 1 is 1.07 bits per heavy atom. The van der Waals surface area contributed by atoms with Crippen LogP contribution in [0.5, 0.6) is 5.75 Å². The van der Waals surface area contributed by atoms with Gasteiger partial charge in [0.05, 0.1) is 23.9 Å². The molecule has 1 aromatic carbocycles. The van der Waals surface area contributed by atoms with E-state index in [9.17, 15) is 18.0 Å². The van der Waals surface area contributed by atoms with Gasteiger partial charge in [0.2, 0.25) is 0 Å². The number of ketones is 1. The normalized spacial score (nSPS) is 23.1. The number of carbonyl (C=O) groups excluding carboxylic acids is 1. The highest BCUT2D eigenvalue weighted by Crippen LogP contribution is 2.41. The van der Waals surface area contributed by atoms with E-state index in [1.165, 1.54) is 23.1 Å². The van der Waals surface area contributed by atoms with Crippen molar-refractivity contribution in [3.63, 3.8) is 0 Å². The highest BCUT2D eigenvalue weighted by Gasteiger charge is 2.35. The molecule has 2 fully saturated rings. The van der Waals surface area contributed by atoms with E-state index in [0.717, 1.165) is 80.3 Å². The zero-order valence-corrected chi connectivity index (χ0v) is 24.7. The number of Topliss-reactive ketones (excluding diaryl/α,β-unsaturated/α-hetero) is 1. The van der Waals surface area contributed by atoms with Crippen LogP contribution in [0.4, 0.5) is 13.2 Å². The number of likely N-dealkylation sites (tertiary alicyclic amines) is 1. The molecule has 0 radical (unpaired) electrons. The second-order valence-corrected chi connectivity index (χ2v) is 12.5. The van der Waals surface area contributed by atoms with Gasteiger partial charge in [-0.1, -0.05) is 22.6 Å². The van der Waals surface area contributed by atoms with E-state index in [4.69, 9.17) is 4.74 Å². The average Bonchev–Trinajstić information content (AvgIpc) is 3.48. The third kappa shape index (κ3) is 6.09. The highest BCUT2D eigenvalue weighted by atomic mass is 127. The maximum Gasteiger partial charge on any atom is 0.416 e. The maximum atomic E-state index is 13.6. The van der Waals surface area contributed by atoms with Gasteiger partial charge in [0, 0.05) is 41.5 Å². The van der Waals surface area contributed by atoms with Crippen molar-refractivity contribution in [1.29, 1.82) is 0 Å². The molecule has 2 aliphatic rings. The molecule has 41 heavy (non-hydrogen) atoms. The van der Waals surface area contributed by atoms with Crippen LogP contribution in [0.2, 0.25) is 0 Å². The number of fused-ring (bicyclic) bond motifs is 3. The van der Waals surface area contributed by atoms with Crippen molar-refractivity contribution in [2.24, 2.45) is 11.8 Å². The smallest absolute Gasteiger partial charge is 0.416 e. The van der Waals surface area contributed by atoms with Crippen molar-refractivity contribution < 1.29 is 22.7 Å². The second kappa shape index (κ2) is 11.9. The molecule has 6 nitrogen and oxygen atoms in total. The SMILES string of the molecule is O=C(C1CCC(c2cc[nH]c3cnc4nccc4c23)CC1)C(I)N1CCCC(COc2ccc(C(F)(F)F)cc2)C1. The van der Waals surface area contributed by atoms with E-state index in [1.54, 1.807) is 6.20 Å². The topological polar surface area (TPSA) is 71.1 Å². The van der Waals surface area contributed by atoms with Crippen molar-refractivity contribution in [2.45, 2.75) is 54.7 Å². The summed E-state index contributed by atoms with van der Waals surface area (Å²) in [5, 5.41) is 2.26. The van der Waals surface area contributed by atoms with Crippen molar-refractivity contribution in [1.82, 2.24) is 19.9 Å². The number of alkyl halides is 4. The third-order valence-corrected chi connectivity index (χ3v) is 10.1. The molecule has 1 N–H and O–H groups in total. The number of ether oxygens (including phenoxy) is 1. The summed E-state index contributed by atoms with van der Waals surface area (Å²) >= 11 is 2.30. The van der Waals surface area contributed by atoms with E-state index < -0.39 is 11.7 Å². The Morgan fingerprint density at radius 2 is 1.85 bits per heavy atom. The first-order valence-corrected chi connectivity index (χ1v) is 15.4. The maximum absolute atomic E-state index is 13.6. The van der Waals surface area contributed by atoms with Gasteiger partial charge in [-0.3, -0.25) is 9.69 Å². The fourth-order valence-corrected chi connectivity index (χ4v) is 7.50. The van der Waals surface area contributed by atoms with E-state index in [1.807, 2.05) is 18.5 Å². The molecule has 1 saturated carbocycles. The molecule has 1 saturated heterocycles. The number of hydrogen-bond donors (Lipinski definition) is 1. The van der Waals surface area contributed by atoms with E-state index in [0.29, 0.717) is 24.1 Å². The summed E-state index contributed by atoms with van der Waals surface area (Å²) in [6.07, 6.45) is 6.93. The molecule has 1 aliphatic heterocycles. The summed E-state index contributed by atoms with van der Waals surface area (Å²) in [6.45, 7) is 2.05. The number of nitrogens with zero attached hydrogens (tertiary/aromatic N) is 3. The van der Waals surface area contributed by atoms with E-state index in [2.05, 4.69) is 48.5 Å². The molecule has 4 aromatic rings. The molecule has 2 atom stereocenters. The lowest BCUT2D eigenvalue weighted by molar-refractivity contribution is -0.137. The fourth-order valence-electron chi connectivity index (χ4n) is 6.48. The minimum atomic E-state index is -4.36. The summed E-state index contributed by atoms with van der Waals surface area (Å²) in [4.78, 5) is 28.0. The first-order chi connectivity index (χ1) is 19.8. The molecule has 0 amide bonds. The fraction of sp³-hybridized carbons (Fsp3) is 0.452. The number of H-pyrrole nitrogens is 1. The van der Waals surface area contributed by atoms with Gasteiger partial charge >= 0.3 is 6.18 Å². The Morgan fingerprint density at radius 3 is 2.61 bits per heavy atom. The van der Waals surface area contributed by atoms with Crippen LogP contribution in [0.15, 0.2) is 55.0 Å². The molecule has 10 heteroatoms. The van der Waals surface area contributed by atoms with Crippen molar-refractivity contribution in [3.05, 3.63) is 66.1 Å². The molecule has 0 bridgehead atoms. The minimum Gasteiger partial charge on any atom is -0.493 e. The predicted octanol–water partition coefficient (Wildman–Crippen LogP) is 7.52. The second-order valence-electron chi connectivity index (χ2n) is 11.3. The number of aromatic nitrogens is 3. The van der Waals surface area contributed by atoms with Crippen LogP contribution >= 0.6 is 22.6 Å². The van der Waals surface area contributed by atoms with Crippen molar-refractivity contribution in [2.75, 3.05) is 19.7 Å². The largest absolute Gasteiger partial charge is 0.493 e. The minimum absolute atomic E-state index is 0.0562. The lowest BCUT2D eigenvalue weighted by Crippen LogP contribution is -2.46. The van der Waals surface area contributed by atoms with Gasteiger partial charge in [0.15, 0.2) is 11.4 Å². The zero-order chi connectivity index (χ0) is 28.6. The molecule has 2 unspecified atom stereocenters. The highest BCUT2D eigenvalue weighted by molar-refractivity contribution is 14.1. The monoisotopic (exact) mass is 676 g/mol. The Hall–Kier alpha value is -2.73. The molecule has 6 rings (SSSR count). The quantitative estimate of drug-likeness (QED) is 0.125. The molecule has 0 spiro atoms. The van der Waals surface area contributed by atoms with E-state index >= 15 is 0 Å². The summed E-state index contributed by atoms with van der Waals surface area (Å²) in [6, 6.07) is 9.04. The Bertz CT molecular complexity index is 1520. The lowest BCUT2D eigenvalue weighted by atomic mass is 9.76. The number of halogens is 4. The van der Waals surface area contributed by atoms with Crippen LogP contribution in [0.1, 0.15) is 55.6 Å². The van der Waals surface area contributed by atoms with Crippen molar-refractivity contribution >= 4 is 50.3 Å². The van der Waals surface area contributed by atoms with Gasteiger partial charge in [0.1, 0.15) is 9.80 Å². The predicted molar refractivity (Wildman–Crippen MR) is 160 cm³/mol. The Balaban J connectivity index is 1.04. The van der Waals surface area contributed by atoms with Gasteiger partial charge in [-0.15, -0.1) is 0 Å². The summed E-state index contributed by atoms with van der Waals surface area (Å²) in [5.41, 5.74) is 2.40. The van der Waals surface area contributed by atoms with Crippen LogP contribution in [-0.4, -0.2) is 49.4 Å². The summed E-state index contributed by atoms with van der Waals surface area (Å²) in [5.74, 6) is 1.43. The van der Waals surface area contributed by atoms with Crippen LogP contribution in [-0.2, 0) is 11.0 Å². The molecule has 4 heterocycles. The molecular weight excluding hydrogens is 644 g/mol. The van der Waals surface area contributed by atoms with Gasteiger partial charge in [0.25, 0.3) is 0 Å². The zero-order valence-electron chi connectivity index (χ0n) is 22.5. The number of piperidine rings is 1. The van der Waals surface area contributed by atoms with Gasteiger partial charge in [-0.25, -0.2) is 9.97 Å². The van der Waals surface area contributed by atoms with Crippen LogP contribution < -0.4 is 4.74 Å². The summed E-state index contributed by atoms with van der Waals surface area (Å²) in [7, 11) is 0. The number of nitrogens with one attached hydrogen (secondary N) is 1. The Kier molecular flexibility index (Phi) is 8.22. The number of benzene rings is 1. The lowest BCUT2D eigenvalue weighted by Gasteiger charge is -2.37. The third-order valence-electron chi connectivity index (χ3n) is 8.67. The summed E-state index contributed by atoms with van der Waals surface area (Å²) < 4.78 is 44.1. The van der Waals surface area contributed by atoms with Crippen LogP contribution in [0, 0.1) is 11.8 Å². The molecule has 1 aliphatic carbocycles. The number of aromatic amines is 1.